The molecule has 0 bridgehead atoms. The summed E-state index contributed by atoms with van der Waals surface area (Å²) >= 11 is 6.19. The number of nitrogens with one attached hydrogen (secondary N) is 1. The quantitative estimate of drug-likeness (QED) is 0.292. The first-order valence-electron chi connectivity index (χ1n) is 13.0. The number of carbonyl (C=O) groups excluding carboxylic acids is 2. The molecule has 0 unspecified atom stereocenters. The lowest BCUT2D eigenvalue weighted by Crippen LogP contribution is -2.51. The third kappa shape index (κ3) is 7.83. The van der Waals surface area contributed by atoms with Gasteiger partial charge < -0.3 is 10.2 Å². The minimum absolute atomic E-state index is 0.0745. The van der Waals surface area contributed by atoms with Crippen molar-refractivity contribution in [2.75, 3.05) is 17.4 Å². The zero-order valence-electron chi connectivity index (χ0n) is 22.9. The van der Waals surface area contributed by atoms with E-state index in [1.165, 1.54) is 17.0 Å². The standard InChI is InChI=1S/C30H36ClN3O4S/c1-5-6-17-32-30(36)24(4)33(20-25-11-10-12-26(31)19-25)29(35)21-34(28-18-22(2)15-16-23(28)3)39(37,38)27-13-8-7-9-14-27/h7-16,18-19,24H,5-6,17,20-21H2,1-4H3,(H,32,36)/t24-/m1/s1. The summed E-state index contributed by atoms with van der Waals surface area (Å²) in [6, 6.07) is 19.7. The molecular weight excluding hydrogens is 534 g/mol. The molecule has 0 spiro atoms. The number of amides is 2. The van der Waals surface area contributed by atoms with Gasteiger partial charge in [-0.1, -0.05) is 67.4 Å². The average molecular weight is 570 g/mol. The number of carbonyl (C=O) groups is 2. The summed E-state index contributed by atoms with van der Waals surface area (Å²) in [7, 11) is -4.10. The molecule has 2 amide bonds. The molecule has 1 atom stereocenters. The van der Waals surface area contributed by atoms with Crippen molar-refractivity contribution < 1.29 is 18.0 Å². The topological polar surface area (TPSA) is 86.8 Å². The fourth-order valence-electron chi connectivity index (χ4n) is 4.17. The van der Waals surface area contributed by atoms with E-state index in [2.05, 4.69) is 5.32 Å². The van der Waals surface area contributed by atoms with E-state index in [-0.39, 0.29) is 17.3 Å². The predicted molar refractivity (Wildman–Crippen MR) is 156 cm³/mol. The van der Waals surface area contributed by atoms with Crippen LogP contribution >= 0.6 is 11.6 Å². The van der Waals surface area contributed by atoms with Crippen LogP contribution in [0.2, 0.25) is 5.02 Å². The molecule has 3 aromatic rings. The van der Waals surface area contributed by atoms with Gasteiger partial charge in [0, 0.05) is 18.1 Å². The second kappa shape index (κ2) is 13.6. The number of halogens is 1. The van der Waals surface area contributed by atoms with E-state index < -0.39 is 28.5 Å². The number of nitrogens with zero attached hydrogens (tertiary/aromatic N) is 2. The second-order valence-electron chi connectivity index (χ2n) is 9.59. The highest BCUT2D eigenvalue weighted by Crippen LogP contribution is 2.28. The minimum atomic E-state index is -4.10. The lowest BCUT2D eigenvalue weighted by Gasteiger charge is -2.32. The summed E-state index contributed by atoms with van der Waals surface area (Å²) in [5, 5.41) is 3.39. The Bertz CT molecular complexity index is 1400. The van der Waals surface area contributed by atoms with Gasteiger partial charge in [0.2, 0.25) is 11.8 Å². The summed E-state index contributed by atoms with van der Waals surface area (Å²) in [5.41, 5.74) is 2.71. The molecule has 9 heteroatoms. The van der Waals surface area contributed by atoms with Crippen LogP contribution in [0.15, 0.2) is 77.7 Å². The minimum Gasteiger partial charge on any atom is -0.354 e. The molecule has 1 N–H and O–H groups in total. The summed E-state index contributed by atoms with van der Waals surface area (Å²) in [6.45, 7) is 7.46. The highest BCUT2D eigenvalue weighted by Gasteiger charge is 2.33. The van der Waals surface area contributed by atoms with Gasteiger partial charge in [0.15, 0.2) is 0 Å². The molecule has 0 aliphatic carbocycles. The number of rotatable bonds is 12. The van der Waals surface area contributed by atoms with Gasteiger partial charge in [-0.2, -0.15) is 0 Å². The van der Waals surface area contributed by atoms with Gasteiger partial charge in [0.1, 0.15) is 12.6 Å². The van der Waals surface area contributed by atoms with Crippen molar-refractivity contribution >= 4 is 39.1 Å². The first-order chi connectivity index (χ1) is 18.5. The van der Waals surface area contributed by atoms with Gasteiger partial charge in [-0.3, -0.25) is 13.9 Å². The summed E-state index contributed by atoms with van der Waals surface area (Å²) < 4.78 is 28.9. The summed E-state index contributed by atoms with van der Waals surface area (Å²) in [6.07, 6.45) is 1.73. The van der Waals surface area contributed by atoms with Crippen LogP contribution in [-0.2, 0) is 26.2 Å². The fourth-order valence-corrected chi connectivity index (χ4v) is 5.88. The summed E-state index contributed by atoms with van der Waals surface area (Å²) in [5.74, 6) is -0.809. The van der Waals surface area contributed by atoms with E-state index in [0.29, 0.717) is 22.8 Å². The van der Waals surface area contributed by atoms with Crippen molar-refractivity contribution in [3.8, 4) is 0 Å². The monoisotopic (exact) mass is 569 g/mol. The molecule has 3 aromatic carbocycles. The Kier molecular flexibility index (Phi) is 10.5. The van der Waals surface area contributed by atoms with E-state index in [0.717, 1.165) is 28.3 Å². The van der Waals surface area contributed by atoms with E-state index in [1.807, 2.05) is 32.0 Å². The van der Waals surface area contributed by atoms with Crippen LogP contribution in [0, 0.1) is 13.8 Å². The second-order valence-corrected chi connectivity index (χ2v) is 11.9. The third-order valence-electron chi connectivity index (χ3n) is 6.48. The molecule has 39 heavy (non-hydrogen) atoms. The average Bonchev–Trinajstić information content (AvgIpc) is 2.92. The molecule has 0 aliphatic heterocycles. The number of hydrogen-bond donors (Lipinski definition) is 1. The van der Waals surface area contributed by atoms with E-state index in [9.17, 15) is 18.0 Å². The normalized spacial score (nSPS) is 12.0. The van der Waals surface area contributed by atoms with Gasteiger partial charge in [-0.15, -0.1) is 0 Å². The van der Waals surface area contributed by atoms with E-state index >= 15 is 0 Å². The molecule has 0 saturated carbocycles. The lowest BCUT2D eigenvalue weighted by molar-refractivity contribution is -0.139. The lowest BCUT2D eigenvalue weighted by atomic mass is 10.1. The molecule has 0 fully saturated rings. The number of anilines is 1. The van der Waals surface area contributed by atoms with Gasteiger partial charge in [0.25, 0.3) is 10.0 Å². The van der Waals surface area contributed by atoms with Crippen molar-refractivity contribution in [3.63, 3.8) is 0 Å². The number of hydrogen-bond acceptors (Lipinski definition) is 4. The molecule has 0 saturated heterocycles. The maximum atomic E-state index is 14.0. The van der Waals surface area contributed by atoms with Gasteiger partial charge >= 0.3 is 0 Å². The first kappa shape index (κ1) is 30.2. The first-order valence-corrected chi connectivity index (χ1v) is 14.8. The highest BCUT2D eigenvalue weighted by atomic mass is 35.5. The third-order valence-corrected chi connectivity index (χ3v) is 8.49. The van der Waals surface area contributed by atoms with E-state index in [4.69, 9.17) is 11.6 Å². The molecule has 0 heterocycles. The smallest absolute Gasteiger partial charge is 0.264 e. The zero-order valence-corrected chi connectivity index (χ0v) is 24.4. The van der Waals surface area contributed by atoms with Crippen LogP contribution in [0.5, 0.6) is 0 Å². The molecule has 0 aliphatic rings. The van der Waals surface area contributed by atoms with Crippen molar-refractivity contribution in [2.24, 2.45) is 0 Å². The van der Waals surface area contributed by atoms with Crippen molar-refractivity contribution in [1.29, 1.82) is 0 Å². The van der Waals surface area contributed by atoms with Crippen molar-refractivity contribution in [2.45, 2.75) is 58.0 Å². The van der Waals surface area contributed by atoms with Gasteiger partial charge in [0.05, 0.1) is 10.6 Å². The van der Waals surface area contributed by atoms with Crippen LogP contribution in [0.25, 0.3) is 0 Å². The van der Waals surface area contributed by atoms with Crippen LogP contribution in [0.4, 0.5) is 5.69 Å². The van der Waals surface area contributed by atoms with Gasteiger partial charge in [-0.25, -0.2) is 8.42 Å². The van der Waals surface area contributed by atoms with Crippen molar-refractivity contribution in [1.82, 2.24) is 10.2 Å². The van der Waals surface area contributed by atoms with Crippen LogP contribution < -0.4 is 9.62 Å². The Morgan fingerprint density at radius 2 is 1.69 bits per heavy atom. The fraction of sp³-hybridized carbons (Fsp3) is 0.333. The van der Waals surface area contributed by atoms with Crippen molar-refractivity contribution in [3.05, 3.63) is 94.5 Å². The SMILES string of the molecule is CCCCNC(=O)[C@@H](C)N(Cc1cccc(Cl)c1)C(=O)CN(c1cc(C)ccc1C)S(=O)(=O)c1ccccc1. The number of unbranched alkanes of at least 4 members (excludes halogenated alkanes) is 1. The van der Waals surface area contributed by atoms with Crippen LogP contribution in [0.3, 0.4) is 0 Å². The maximum absolute atomic E-state index is 14.0. The summed E-state index contributed by atoms with van der Waals surface area (Å²) in [4.78, 5) is 28.5. The van der Waals surface area contributed by atoms with Crippen LogP contribution in [0.1, 0.15) is 43.4 Å². The molecule has 3 rings (SSSR count). The maximum Gasteiger partial charge on any atom is 0.264 e. The molecule has 208 valence electrons. The Balaban J connectivity index is 2.03. The predicted octanol–water partition coefficient (Wildman–Crippen LogP) is 5.49. The Morgan fingerprint density at radius 3 is 2.36 bits per heavy atom. The number of benzene rings is 3. The van der Waals surface area contributed by atoms with Crippen LogP contribution in [-0.4, -0.2) is 44.3 Å². The van der Waals surface area contributed by atoms with Gasteiger partial charge in [-0.05, 0) is 74.2 Å². The zero-order chi connectivity index (χ0) is 28.6. The molecular formula is C30H36ClN3O4S. The Morgan fingerprint density at radius 1 is 0.974 bits per heavy atom. The number of sulfonamides is 1. The molecule has 7 nitrogen and oxygen atoms in total. The highest BCUT2D eigenvalue weighted by molar-refractivity contribution is 7.92. The number of aryl methyl sites for hydroxylation is 2. The largest absolute Gasteiger partial charge is 0.354 e. The van der Waals surface area contributed by atoms with E-state index in [1.54, 1.807) is 56.3 Å². The molecule has 0 radical (unpaired) electrons. The Hall–Kier alpha value is -3.36. The molecule has 0 aromatic heterocycles. The Labute approximate surface area is 236 Å².